The molecule has 0 aliphatic heterocycles. The first-order valence-corrected chi connectivity index (χ1v) is 7.53. The van der Waals surface area contributed by atoms with E-state index in [0.717, 1.165) is 16.2 Å². The third kappa shape index (κ3) is 4.31. The summed E-state index contributed by atoms with van der Waals surface area (Å²) >= 11 is 1.64. The minimum atomic E-state index is -0.0307. The molecule has 0 N–H and O–H groups in total. The van der Waals surface area contributed by atoms with Crippen molar-refractivity contribution in [2.24, 2.45) is 0 Å². The number of nitrogens with zero attached hydrogens (tertiary/aromatic N) is 1. The zero-order valence-corrected chi connectivity index (χ0v) is 13.1. The molecule has 0 fully saturated rings. The summed E-state index contributed by atoms with van der Waals surface area (Å²) in [7, 11) is 3.17. The van der Waals surface area contributed by atoms with Crippen molar-refractivity contribution in [3.8, 4) is 5.75 Å². The Balaban J connectivity index is 2.16. The van der Waals surface area contributed by atoms with Crippen LogP contribution in [0.25, 0.3) is 0 Å². The summed E-state index contributed by atoms with van der Waals surface area (Å²) in [5.41, 5.74) is 0.987. The predicted molar refractivity (Wildman–Crippen MR) is 83.4 cm³/mol. The number of hydrogen-bond acceptors (Lipinski definition) is 4. The minimum Gasteiger partial charge on any atom is -0.496 e. The smallest absolute Gasteiger partial charge is 0.249 e. The highest BCUT2D eigenvalue weighted by Gasteiger charge is 2.16. The number of amides is 1. The SMILES string of the molecule is COCC(=O)N(Cc1cccs1)Cc1ccccc1OC. The van der Waals surface area contributed by atoms with E-state index in [-0.39, 0.29) is 12.5 Å². The highest BCUT2D eigenvalue weighted by atomic mass is 32.1. The number of benzene rings is 1. The van der Waals surface area contributed by atoms with Gasteiger partial charge in [-0.3, -0.25) is 4.79 Å². The average Bonchev–Trinajstić information content (AvgIpc) is 3.00. The fraction of sp³-hybridized carbons (Fsp3) is 0.312. The summed E-state index contributed by atoms with van der Waals surface area (Å²) < 4.78 is 10.3. The molecule has 2 aromatic rings. The summed E-state index contributed by atoms with van der Waals surface area (Å²) in [5, 5.41) is 2.01. The van der Waals surface area contributed by atoms with Crippen molar-refractivity contribution in [1.29, 1.82) is 0 Å². The van der Waals surface area contributed by atoms with E-state index in [1.54, 1.807) is 23.3 Å². The van der Waals surface area contributed by atoms with E-state index in [2.05, 4.69) is 0 Å². The molecule has 2 rings (SSSR count). The lowest BCUT2D eigenvalue weighted by atomic mass is 10.2. The first-order chi connectivity index (χ1) is 10.2. The van der Waals surface area contributed by atoms with Gasteiger partial charge in [0.1, 0.15) is 12.4 Å². The molecule has 1 aromatic carbocycles. The van der Waals surface area contributed by atoms with Crippen LogP contribution < -0.4 is 4.74 Å². The summed E-state index contributed by atoms with van der Waals surface area (Å²) in [6.45, 7) is 1.17. The van der Waals surface area contributed by atoms with Gasteiger partial charge in [-0.15, -0.1) is 11.3 Å². The predicted octanol–water partition coefficient (Wildman–Crippen LogP) is 2.93. The number of rotatable bonds is 7. The number of ether oxygens (including phenoxy) is 2. The molecule has 0 saturated carbocycles. The molecule has 21 heavy (non-hydrogen) atoms. The van der Waals surface area contributed by atoms with Crippen LogP contribution >= 0.6 is 11.3 Å². The first-order valence-electron chi connectivity index (χ1n) is 6.65. The van der Waals surface area contributed by atoms with Gasteiger partial charge in [0.15, 0.2) is 0 Å². The second kappa shape index (κ2) is 7.81. The lowest BCUT2D eigenvalue weighted by Crippen LogP contribution is -2.32. The van der Waals surface area contributed by atoms with Crippen LogP contribution in [0.15, 0.2) is 41.8 Å². The maximum Gasteiger partial charge on any atom is 0.249 e. The highest BCUT2D eigenvalue weighted by molar-refractivity contribution is 7.09. The van der Waals surface area contributed by atoms with Crippen LogP contribution in [0, 0.1) is 0 Å². The number of thiophene rings is 1. The Bertz CT molecular complexity index is 569. The van der Waals surface area contributed by atoms with Crippen LogP contribution in [0.5, 0.6) is 5.75 Å². The summed E-state index contributed by atoms with van der Waals surface area (Å²) in [6, 6.07) is 11.8. The Morgan fingerprint density at radius 1 is 1.14 bits per heavy atom. The van der Waals surface area contributed by atoms with E-state index in [9.17, 15) is 4.79 Å². The molecule has 0 radical (unpaired) electrons. The van der Waals surface area contributed by atoms with E-state index in [0.29, 0.717) is 13.1 Å². The molecule has 1 amide bonds. The standard InChI is InChI=1S/C16H19NO3S/c1-19-12-16(18)17(11-14-7-5-9-21-14)10-13-6-3-4-8-15(13)20-2/h3-9H,10-12H2,1-2H3. The lowest BCUT2D eigenvalue weighted by Gasteiger charge is -2.23. The second-order valence-corrected chi connectivity index (χ2v) is 5.61. The molecule has 4 nitrogen and oxygen atoms in total. The molecule has 0 aliphatic rings. The van der Waals surface area contributed by atoms with E-state index < -0.39 is 0 Å². The quantitative estimate of drug-likeness (QED) is 0.789. The van der Waals surface area contributed by atoms with Crippen LogP contribution in [0.1, 0.15) is 10.4 Å². The maximum absolute atomic E-state index is 12.2. The Morgan fingerprint density at radius 3 is 2.62 bits per heavy atom. The van der Waals surface area contributed by atoms with Gasteiger partial charge in [-0.2, -0.15) is 0 Å². The number of para-hydroxylation sites is 1. The zero-order valence-electron chi connectivity index (χ0n) is 12.2. The number of methoxy groups -OCH3 is 2. The Hall–Kier alpha value is -1.85. The van der Waals surface area contributed by atoms with Crippen LogP contribution in [-0.4, -0.2) is 31.6 Å². The van der Waals surface area contributed by atoms with Crippen LogP contribution in [0.4, 0.5) is 0 Å². The third-order valence-electron chi connectivity index (χ3n) is 3.10. The number of hydrogen-bond donors (Lipinski definition) is 0. The summed E-state index contributed by atoms with van der Waals surface area (Å²) in [6.07, 6.45) is 0. The Kier molecular flexibility index (Phi) is 5.78. The van der Waals surface area contributed by atoms with Gasteiger partial charge in [-0.1, -0.05) is 24.3 Å². The van der Waals surface area contributed by atoms with Gasteiger partial charge >= 0.3 is 0 Å². The molecular formula is C16H19NO3S. The molecule has 0 atom stereocenters. The fourth-order valence-corrected chi connectivity index (χ4v) is 2.80. The van der Waals surface area contributed by atoms with Gasteiger partial charge in [0.25, 0.3) is 0 Å². The van der Waals surface area contributed by atoms with E-state index >= 15 is 0 Å². The van der Waals surface area contributed by atoms with E-state index in [1.165, 1.54) is 7.11 Å². The van der Waals surface area contributed by atoms with Crippen molar-refractivity contribution < 1.29 is 14.3 Å². The average molecular weight is 305 g/mol. The molecule has 0 bridgehead atoms. The molecule has 112 valence electrons. The van der Waals surface area contributed by atoms with Crippen molar-refractivity contribution in [3.63, 3.8) is 0 Å². The fourth-order valence-electron chi connectivity index (χ4n) is 2.08. The number of carbonyl (C=O) groups excluding carboxylic acids is 1. The van der Waals surface area contributed by atoms with Crippen LogP contribution in [-0.2, 0) is 22.6 Å². The zero-order chi connectivity index (χ0) is 15.1. The minimum absolute atomic E-state index is 0.0307. The van der Waals surface area contributed by atoms with Crippen molar-refractivity contribution in [2.75, 3.05) is 20.8 Å². The van der Waals surface area contributed by atoms with Crippen molar-refractivity contribution in [1.82, 2.24) is 4.90 Å². The van der Waals surface area contributed by atoms with Gasteiger partial charge in [0.05, 0.1) is 13.7 Å². The molecule has 0 saturated heterocycles. The van der Waals surface area contributed by atoms with E-state index in [4.69, 9.17) is 9.47 Å². The van der Waals surface area contributed by atoms with Crippen molar-refractivity contribution in [3.05, 3.63) is 52.2 Å². The normalized spacial score (nSPS) is 10.4. The summed E-state index contributed by atoms with van der Waals surface area (Å²) in [4.78, 5) is 15.2. The molecular weight excluding hydrogens is 286 g/mol. The van der Waals surface area contributed by atoms with Gasteiger partial charge < -0.3 is 14.4 Å². The van der Waals surface area contributed by atoms with Gasteiger partial charge in [-0.25, -0.2) is 0 Å². The van der Waals surface area contributed by atoms with Crippen molar-refractivity contribution in [2.45, 2.75) is 13.1 Å². The van der Waals surface area contributed by atoms with Crippen LogP contribution in [0.2, 0.25) is 0 Å². The Labute approximate surface area is 128 Å². The molecule has 5 heteroatoms. The largest absolute Gasteiger partial charge is 0.496 e. The third-order valence-corrected chi connectivity index (χ3v) is 3.96. The van der Waals surface area contributed by atoms with Gasteiger partial charge in [0, 0.05) is 24.1 Å². The van der Waals surface area contributed by atoms with Crippen molar-refractivity contribution >= 4 is 17.2 Å². The highest BCUT2D eigenvalue weighted by Crippen LogP contribution is 2.21. The second-order valence-electron chi connectivity index (χ2n) is 4.57. The molecule has 1 aromatic heterocycles. The van der Waals surface area contributed by atoms with Gasteiger partial charge in [-0.05, 0) is 17.5 Å². The van der Waals surface area contributed by atoms with Gasteiger partial charge in [0.2, 0.25) is 5.91 Å². The molecule has 1 heterocycles. The monoisotopic (exact) mass is 305 g/mol. The lowest BCUT2D eigenvalue weighted by molar-refractivity contribution is -0.136. The molecule has 0 aliphatic carbocycles. The molecule has 0 unspecified atom stereocenters. The summed E-state index contributed by atoms with van der Waals surface area (Å²) in [5.74, 6) is 0.760. The molecule has 0 spiro atoms. The topological polar surface area (TPSA) is 38.8 Å². The Morgan fingerprint density at radius 2 is 1.95 bits per heavy atom. The van der Waals surface area contributed by atoms with E-state index in [1.807, 2.05) is 41.8 Å². The first kappa shape index (κ1) is 15.5. The maximum atomic E-state index is 12.2. The number of carbonyl (C=O) groups is 1. The van der Waals surface area contributed by atoms with Crippen LogP contribution in [0.3, 0.4) is 0 Å².